The van der Waals surface area contributed by atoms with Crippen molar-refractivity contribution in [3.8, 4) is 11.8 Å². The second-order valence-electron chi connectivity index (χ2n) is 8.89. The molecule has 3 aliphatic heterocycles. The molecule has 3 heterocycles. The number of likely N-dealkylation sites (N-methyl/N-ethyl adjacent to an activating group) is 1. The number of ether oxygens (including phenoxy) is 2. The summed E-state index contributed by atoms with van der Waals surface area (Å²) in [6.07, 6.45) is -4.87. The predicted octanol–water partition coefficient (Wildman–Crippen LogP) is 3.06. The number of rotatable bonds is 3. The second-order valence-corrected chi connectivity index (χ2v) is 9.25. The van der Waals surface area contributed by atoms with E-state index >= 15 is 0 Å². The number of aliphatic hydroxyl groups excluding tert-OH is 1. The molecule has 8 nitrogen and oxygen atoms in total. The number of benzene rings is 2. The van der Waals surface area contributed by atoms with Gasteiger partial charge in [-0.25, -0.2) is 0 Å². The van der Waals surface area contributed by atoms with E-state index in [-0.39, 0.29) is 36.7 Å². The van der Waals surface area contributed by atoms with Crippen LogP contribution in [0, 0.1) is 11.3 Å². The van der Waals surface area contributed by atoms with E-state index in [1.54, 1.807) is 29.2 Å². The number of nitriles is 1. The van der Waals surface area contributed by atoms with Crippen LogP contribution in [0.15, 0.2) is 36.4 Å². The summed E-state index contributed by atoms with van der Waals surface area (Å²) in [5, 5.41) is 18.6. The summed E-state index contributed by atoms with van der Waals surface area (Å²) in [7, 11) is 1.84. The average Bonchev–Trinajstić information content (AvgIpc) is 3.41. The molecule has 0 aromatic heterocycles. The molecule has 0 saturated carbocycles. The van der Waals surface area contributed by atoms with Gasteiger partial charge in [-0.05, 0) is 48.6 Å². The highest BCUT2D eigenvalue weighted by molar-refractivity contribution is 7.81. The van der Waals surface area contributed by atoms with Crippen molar-refractivity contribution in [2.45, 2.75) is 24.2 Å². The van der Waals surface area contributed by atoms with Crippen LogP contribution in [0.25, 0.3) is 0 Å². The molecule has 0 radical (unpaired) electrons. The van der Waals surface area contributed by atoms with Crippen molar-refractivity contribution in [2.24, 2.45) is 0 Å². The van der Waals surface area contributed by atoms with E-state index in [0.29, 0.717) is 24.4 Å². The standard InChI is InChI=1S/C24H21F3N4O4S/c1-29-11-17(12-32)35-20-5-4-16(9-19(20)29)31-22(36)30(21(33)23(31)6-7-34-13-23)15-3-2-14(10-28)18(8-15)24(25,26)27/h2-5,8-9,17,32H,6-7,11-13H2,1H3/t17-,23-/m0/s1. The van der Waals surface area contributed by atoms with Crippen molar-refractivity contribution in [2.75, 3.05) is 48.1 Å². The number of thiocarbonyl (C=S) groups is 1. The van der Waals surface area contributed by atoms with Crippen molar-refractivity contribution in [1.82, 2.24) is 0 Å². The Morgan fingerprint density at radius 2 is 2.00 bits per heavy atom. The largest absolute Gasteiger partial charge is 0.484 e. The number of alkyl halides is 3. The van der Waals surface area contributed by atoms with Gasteiger partial charge in [-0.1, -0.05) is 0 Å². The van der Waals surface area contributed by atoms with Crippen molar-refractivity contribution in [1.29, 1.82) is 5.26 Å². The van der Waals surface area contributed by atoms with E-state index < -0.39 is 28.7 Å². The minimum absolute atomic E-state index is 0.0101. The number of amides is 1. The maximum Gasteiger partial charge on any atom is 0.417 e. The van der Waals surface area contributed by atoms with Gasteiger partial charge in [0.05, 0.1) is 48.3 Å². The molecule has 1 N–H and O–H groups in total. The van der Waals surface area contributed by atoms with Crippen LogP contribution in [0.5, 0.6) is 5.75 Å². The van der Waals surface area contributed by atoms with Gasteiger partial charge in [0.15, 0.2) is 10.7 Å². The molecule has 0 aliphatic carbocycles. The van der Waals surface area contributed by atoms with Crippen LogP contribution in [-0.4, -0.2) is 61.2 Å². The van der Waals surface area contributed by atoms with E-state index in [0.717, 1.165) is 22.7 Å². The molecule has 36 heavy (non-hydrogen) atoms. The lowest BCUT2D eigenvalue weighted by molar-refractivity contribution is -0.137. The molecule has 188 valence electrons. The Kier molecular flexibility index (Phi) is 5.82. The summed E-state index contributed by atoms with van der Waals surface area (Å²) in [4.78, 5) is 18.4. The number of carbonyl (C=O) groups is 1. The fraction of sp³-hybridized carbons (Fsp3) is 0.375. The van der Waals surface area contributed by atoms with Gasteiger partial charge in [-0.3, -0.25) is 9.69 Å². The lowest BCUT2D eigenvalue weighted by Gasteiger charge is -2.36. The SMILES string of the molecule is CN1C[C@@H](CO)Oc2ccc(N3C(=S)N(c4ccc(C#N)c(C(F)(F)F)c4)C(=O)[C@@]34CCOC4)cc21. The first kappa shape index (κ1) is 24.3. The van der Waals surface area contributed by atoms with Gasteiger partial charge in [-0.15, -0.1) is 0 Å². The molecular formula is C24H21F3N4O4S. The highest BCUT2D eigenvalue weighted by atomic mass is 32.1. The summed E-state index contributed by atoms with van der Waals surface area (Å²) in [5.74, 6) is 0.0592. The third-order valence-corrected chi connectivity index (χ3v) is 7.05. The summed E-state index contributed by atoms with van der Waals surface area (Å²) < 4.78 is 52.3. The number of halogens is 3. The van der Waals surface area contributed by atoms with Crippen molar-refractivity contribution >= 4 is 40.3 Å². The summed E-state index contributed by atoms with van der Waals surface area (Å²) >= 11 is 5.68. The first-order valence-electron chi connectivity index (χ1n) is 11.1. The molecule has 2 fully saturated rings. The quantitative estimate of drug-likeness (QED) is 0.621. The van der Waals surface area contributed by atoms with Crippen LogP contribution in [0.4, 0.5) is 30.2 Å². The van der Waals surface area contributed by atoms with Gasteiger partial charge in [-0.2, -0.15) is 18.4 Å². The van der Waals surface area contributed by atoms with Gasteiger partial charge in [0.1, 0.15) is 11.9 Å². The Bertz CT molecular complexity index is 1290. The highest BCUT2D eigenvalue weighted by Gasteiger charge is 2.58. The van der Waals surface area contributed by atoms with Crippen LogP contribution >= 0.6 is 12.2 Å². The molecule has 2 aromatic carbocycles. The topological polar surface area (TPSA) is 89.3 Å². The molecule has 2 aromatic rings. The van der Waals surface area contributed by atoms with E-state index in [4.69, 9.17) is 27.0 Å². The van der Waals surface area contributed by atoms with Gasteiger partial charge in [0.25, 0.3) is 5.91 Å². The van der Waals surface area contributed by atoms with Gasteiger partial charge >= 0.3 is 6.18 Å². The molecule has 0 bridgehead atoms. The molecule has 12 heteroatoms. The summed E-state index contributed by atoms with van der Waals surface area (Å²) in [5.41, 5.74) is -1.70. The van der Waals surface area contributed by atoms with Crippen LogP contribution in [-0.2, 0) is 15.7 Å². The Morgan fingerprint density at radius 1 is 1.25 bits per heavy atom. The number of carbonyl (C=O) groups excluding carboxylic acids is 1. The fourth-order valence-electron chi connectivity index (χ4n) is 4.92. The number of fused-ring (bicyclic) bond motifs is 1. The predicted molar refractivity (Wildman–Crippen MR) is 128 cm³/mol. The first-order valence-corrected chi connectivity index (χ1v) is 11.5. The third-order valence-electron chi connectivity index (χ3n) is 6.69. The summed E-state index contributed by atoms with van der Waals surface area (Å²) in [6, 6.07) is 9.88. The molecule has 2 saturated heterocycles. The van der Waals surface area contributed by atoms with Crippen LogP contribution in [0.3, 0.4) is 0 Å². The Labute approximate surface area is 210 Å². The van der Waals surface area contributed by atoms with Gasteiger partial charge in [0, 0.05) is 25.8 Å². The minimum atomic E-state index is -4.78. The molecule has 3 aliphatic rings. The normalized spacial score (nSPS) is 23.8. The zero-order valence-corrected chi connectivity index (χ0v) is 19.9. The maximum absolute atomic E-state index is 13.8. The lowest BCUT2D eigenvalue weighted by atomic mass is 9.95. The first-order chi connectivity index (χ1) is 17.1. The van der Waals surface area contributed by atoms with Crippen molar-refractivity contribution in [3.63, 3.8) is 0 Å². The number of hydrogen-bond acceptors (Lipinski definition) is 7. The monoisotopic (exact) mass is 518 g/mol. The zero-order valence-electron chi connectivity index (χ0n) is 19.1. The number of hydrogen-bond donors (Lipinski definition) is 1. The second kappa shape index (κ2) is 8.62. The van der Waals surface area contributed by atoms with Gasteiger partial charge < -0.3 is 24.4 Å². The highest BCUT2D eigenvalue weighted by Crippen LogP contribution is 2.45. The smallest absolute Gasteiger partial charge is 0.417 e. The van der Waals surface area contributed by atoms with E-state index in [2.05, 4.69) is 0 Å². The zero-order chi connectivity index (χ0) is 25.8. The van der Waals surface area contributed by atoms with E-state index in [9.17, 15) is 23.1 Å². The molecule has 2 atom stereocenters. The van der Waals surface area contributed by atoms with Crippen LogP contribution < -0.4 is 19.4 Å². The Hall–Kier alpha value is -3.40. The van der Waals surface area contributed by atoms with E-state index in [1.807, 2.05) is 11.9 Å². The summed E-state index contributed by atoms with van der Waals surface area (Å²) in [6.45, 7) is 0.602. The number of nitrogens with zero attached hydrogens (tertiary/aromatic N) is 4. The lowest BCUT2D eigenvalue weighted by Crippen LogP contribution is -2.50. The average molecular weight is 519 g/mol. The molecular weight excluding hydrogens is 497 g/mol. The fourth-order valence-corrected chi connectivity index (χ4v) is 5.39. The molecule has 5 rings (SSSR count). The number of anilines is 3. The molecule has 1 spiro atoms. The van der Waals surface area contributed by atoms with Crippen molar-refractivity contribution < 1.29 is 32.5 Å². The minimum Gasteiger partial charge on any atom is -0.484 e. The van der Waals surface area contributed by atoms with Crippen LogP contribution in [0.2, 0.25) is 0 Å². The van der Waals surface area contributed by atoms with E-state index in [1.165, 1.54) is 6.07 Å². The maximum atomic E-state index is 13.8. The molecule has 0 unspecified atom stereocenters. The Balaban J connectivity index is 1.60. The number of aliphatic hydroxyl groups is 1. The Morgan fingerprint density at radius 3 is 2.64 bits per heavy atom. The van der Waals surface area contributed by atoms with Crippen molar-refractivity contribution in [3.05, 3.63) is 47.5 Å². The molecule has 1 amide bonds. The van der Waals surface area contributed by atoms with Gasteiger partial charge in [0.2, 0.25) is 0 Å². The third kappa shape index (κ3) is 3.66. The van der Waals surface area contributed by atoms with Crippen LogP contribution in [0.1, 0.15) is 17.5 Å².